The van der Waals surface area contributed by atoms with Gasteiger partial charge in [-0.05, 0) is 64.6 Å². The summed E-state index contributed by atoms with van der Waals surface area (Å²) in [6.45, 7) is 5.30. The van der Waals surface area contributed by atoms with Crippen molar-refractivity contribution < 1.29 is 0 Å². The lowest BCUT2D eigenvalue weighted by molar-refractivity contribution is 0.562. The van der Waals surface area contributed by atoms with E-state index in [1.54, 1.807) is 0 Å². The molecule has 0 rings (SSSR count). The molecule has 0 heterocycles. The van der Waals surface area contributed by atoms with Gasteiger partial charge in [-0.15, -0.1) is 0 Å². The lowest BCUT2D eigenvalue weighted by atomic mass is 10.1. The second-order valence-electron chi connectivity index (χ2n) is 6.48. The van der Waals surface area contributed by atoms with Gasteiger partial charge in [-0.1, -0.05) is 69.8 Å². The minimum absolute atomic E-state index is 0.802. The van der Waals surface area contributed by atoms with Crippen LogP contribution in [0, 0.1) is 0 Å². The van der Waals surface area contributed by atoms with Gasteiger partial charge in [0, 0.05) is 0 Å². The van der Waals surface area contributed by atoms with Crippen LogP contribution >= 0.6 is 0 Å². The van der Waals surface area contributed by atoms with Gasteiger partial charge in [0.1, 0.15) is 0 Å². The van der Waals surface area contributed by atoms with Gasteiger partial charge in [0.05, 0.1) is 0 Å². The Morgan fingerprint density at radius 2 is 1.22 bits per heavy atom. The van der Waals surface area contributed by atoms with Crippen LogP contribution in [-0.2, 0) is 0 Å². The van der Waals surface area contributed by atoms with Crippen molar-refractivity contribution in [2.75, 3.05) is 19.6 Å². The molecule has 0 aromatic carbocycles. The Morgan fingerprint density at radius 3 is 1.87 bits per heavy atom. The summed E-state index contributed by atoms with van der Waals surface area (Å²) >= 11 is 0. The monoisotopic (exact) mass is 322 g/mol. The number of allylic oxidation sites excluding steroid dienone is 4. The summed E-state index contributed by atoms with van der Waals surface area (Å²) < 4.78 is 0. The zero-order valence-electron chi connectivity index (χ0n) is 15.7. The molecule has 0 aliphatic carbocycles. The van der Waals surface area contributed by atoms with Crippen LogP contribution in [0.2, 0.25) is 0 Å². The standard InChI is InChI=1S/C21H42N2/c1-2-3-4-5-6-7-8-9-10-11-12-13-14-15-16-17-20-23-21-18-19-22/h6-7,9-10,23H,2-5,8,11-22H2,1H3/b7-6+,10-9+. The molecule has 2 heteroatoms. The first kappa shape index (κ1) is 22.4. The summed E-state index contributed by atoms with van der Waals surface area (Å²) in [5.74, 6) is 0. The van der Waals surface area contributed by atoms with E-state index in [2.05, 4.69) is 36.5 Å². The molecule has 0 unspecified atom stereocenters. The summed E-state index contributed by atoms with van der Waals surface area (Å²) in [5, 5.41) is 3.44. The minimum atomic E-state index is 0.802. The average Bonchev–Trinajstić information content (AvgIpc) is 2.57. The summed E-state index contributed by atoms with van der Waals surface area (Å²) in [6, 6.07) is 0. The molecule has 0 aromatic rings. The largest absolute Gasteiger partial charge is 0.330 e. The highest BCUT2D eigenvalue weighted by Gasteiger charge is 1.91. The Balaban J connectivity index is 3.10. The number of unbranched alkanes of at least 4 members (excludes halogenated alkanes) is 9. The van der Waals surface area contributed by atoms with E-state index >= 15 is 0 Å². The highest BCUT2D eigenvalue weighted by atomic mass is 14.8. The second kappa shape index (κ2) is 21.4. The molecule has 0 atom stereocenters. The molecule has 0 saturated heterocycles. The molecule has 0 spiro atoms. The maximum absolute atomic E-state index is 5.46. The van der Waals surface area contributed by atoms with Crippen molar-refractivity contribution >= 4 is 0 Å². The molecule has 2 nitrogen and oxygen atoms in total. The topological polar surface area (TPSA) is 38.0 Å². The maximum atomic E-state index is 5.46. The van der Waals surface area contributed by atoms with Gasteiger partial charge in [-0.25, -0.2) is 0 Å². The quantitative estimate of drug-likeness (QED) is 0.249. The van der Waals surface area contributed by atoms with Gasteiger partial charge in [-0.3, -0.25) is 0 Å². The molecule has 0 radical (unpaired) electrons. The molecule has 136 valence electrons. The first-order valence-electron chi connectivity index (χ1n) is 10.1. The van der Waals surface area contributed by atoms with Crippen LogP contribution in [0.5, 0.6) is 0 Å². The zero-order chi connectivity index (χ0) is 16.8. The number of hydrogen-bond acceptors (Lipinski definition) is 2. The van der Waals surface area contributed by atoms with Crippen molar-refractivity contribution in [2.24, 2.45) is 5.73 Å². The molecule has 0 saturated carbocycles. The lowest BCUT2D eigenvalue weighted by Gasteiger charge is -2.03. The van der Waals surface area contributed by atoms with E-state index in [0.717, 1.165) is 32.5 Å². The van der Waals surface area contributed by atoms with Gasteiger partial charge < -0.3 is 11.1 Å². The van der Waals surface area contributed by atoms with Crippen molar-refractivity contribution in [2.45, 2.75) is 90.4 Å². The molecule has 0 aliphatic heterocycles. The van der Waals surface area contributed by atoms with Crippen LogP contribution in [0.4, 0.5) is 0 Å². The van der Waals surface area contributed by atoms with Crippen LogP contribution in [0.15, 0.2) is 24.3 Å². The van der Waals surface area contributed by atoms with Gasteiger partial charge in [0.2, 0.25) is 0 Å². The Morgan fingerprint density at radius 1 is 0.652 bits per heavy atom. The average molecular weight is 323 g/mol. The molecule has 23 heavy (non-hydrogen) atoms. The van der Waals surface area contributed by atoms with Gasteiger partial charge in [0.15, 0.2) is 0 Å². The number of rotatable bonds is 18. The third-order valence-electron chi connectivity index (χ3n) is 4.11. The molecular formula is C21H42N2. The smallest absolute Gasteiger partial charge is 0.00369 e. The molecule has 0 fully saturated rings. The predicted octanol–water partition coefficient (Wildman–Crippen LogP) is 5.74. The lowest BCUT2D eigenvalue weighted by Crippen LogP contribution is -2.19. The van der Waals surface area contributed by atoms with E-state index in [4.69, 9.17) is 5.73 Å². The molecule has 3 N–H and O–H groups in total. The number of hydrogen-bond donors (Lipinski definition) is 2. The first-order chi connectivity index (χ1) is 11.4. The van der Waals surface area contributed by atoms with Crippen LogP contribution in [-0.4, -0.2) is 19.6 Å². The van der Waals surface area contributed by atoms with Gasteiger partial charge >= 0.3 is 0 Å². The molecule has 0 aliphatic rings. The van der Waals surface area contributed by atoms with Crippen LogP contribution in [0.3, 0.4) is 0 Å². The van der Waals surface area contributed by atoms with Crippen molar-refractivity contribution in [3.8, 4) is 0 Å². The maximum Gasteiger partial charge on any atom is -0.00369 e. The fourth-order valence-electron chi connectivity index (χ4n) is 2.59. The first-order valence-corrected chi connectivity index (χ1v) is 10.1. The highest BCUT2D eigenvalue weighted by molar-refractivity contribution is 4.92. The molecule has 0 aromatic heterocycles. The number of nitrogens with one attached hydrogen (secondary N) is 1. The molecular weight excluding hydrogens is 280 g/mol. The predicted molar refractivity (Wildman–Crippen MR) is 106 cm³/mol. The SMILES string of the molecule is CCCCC/C=C/C/C=C/CCCCCCCCNCCCN. The minimum Gasteiger partial charge on any atom is -0.330 e. The van der Waals surface area contributed by atoms with Gasteiger partial charge in [0.25, 0.3) is 0 Å². The second-order valence-corrected chi connectivity index (χ2v) is 6.48. The van der Waals surface area contributed by atoms with Crippen LogP contribution in [0.1, 0.15) is 90.4 Å². The van der Waals surface area contributed by atoms with Crippen molar-refractivity contribution in [1.29, 1.82) is 0 Å². The van der Waals surface area contributed by atoms with E-state index in [1.807, 2.05) is 0 Å². The summed E-state index contributed by atoms with van der Waals surface area (Å²) in [6.07, 6.45) is 26.3. The van der Waals surface area contributed by atoms with Gasteiger partial charge in [-0.2, -0.15) is 0 Å². The zero-order valence-corrected chi connectivity index (χ0v) is 15.7. The van der Waals surface area contributed by atoms with E-state index in [1.165, 1.54) is 70.6 Å². The Kier molecular flexibility index (Phi) is 20.8. The molecule has 0 bridgehead atoms. The third-order valence-corrected chi connectivity index (χ3v) is 4.11. The van der Waals surface area contributed by atoms with E-state index in [0.29, 0.717) is 0 Å². The number of nitrogens with two attached hydrogens (primary N) is 1. The normalized spacial score (nSPS) is 11.9. The summed E-state index contributed by atoms with van der Waals surface area (Å²) in [4.78, 5) is 0. The van der Waals surface area contributed by atoms with Crippen molar-refractivity contribution in [1.82, 2.24) is 5.32 Å². The van der Waals surface area contributed by atoms with Crippen molar-refractivity contribution in [3.05, 3.63) is 24.3 Å². The van der Waals surface area contributed by atoms with Crippen LogP contribution in [0.25, 0.3) is 0 Å². The van der Waals surface area contributed by atoms with E-state index in [-0.39, 0.29) is 0 Å². The fourth-order valence-corrected chi connectivity index (χ4v) is 2.59. The van der Waals surface area contributed by atoms with E-state index < -0.39 is 0 Å². The van der Waals surface area contributed by atoms with Crippen LogP contribution < -0.4 is 11.1 Å². The van der Waals surface area contributed by atoms with E-state index in [9.17, 15) is 0 Å². The Labute approximate surface area is 146 Å². The highest BCUT2D eigenvalue weighted by Crippen LogP contribution is 2.07. The summed E-state index contributed by atoms with van der Waals surface area (Å²) in [5.41, 5.74) is 5.46. The third kappa shape index (κ3) is 21.4. The summed E-state index contributed by atoms with van der Waals surface area (Å²) in [7, 11) is 0. The van der Waals surface area contributed by atoms with Crippen molar-refractivity contribution in [3.63, 3.8) is 0 Å². The Hall–Kier alpha value is -0.600. The fraction of sp³-hybridized carbons (Fsp3) is 0.810. The Bertz CT molecular complexity index is 259. The molecule has 0 amide bonds.